The highest BCUT2D eigenvalue weighted by atomic mass is 35.5. The predicted octanol–water partition coefficient (Wildman–Crippen LogP) is 4.68. The van der Waals surface area contributed by atoms with Crippen molar-refractivity contribution in [2.24, 2.45) is 0 Å². The van der Waals surface area contributed by atoms with Gasteiger partial charge in [-0.05, 0) is 42.8 Å². The summed E-state index contributed by atoms with van der Waals surface area (Å²) in [6.45, 7) is 0.568. The third-order valence-corrected chi connectivity index (χ3v) is 6.88. The average Bonchev–Trinajstić information content (AvgIpc) is 2.87. The van der Waals surface area contributed by atoms with Gasteiger partial charge in [0.1, 0.15) is 11.5 Å². The van der Waals surface area contributed by atoms with Crippen molar-refractivity contribution in [1.82, 2.24) is 0 Å². The first-order chi connectivity index (χ1) is 17.9. The molecule has 0 atom stereocenters. The number of amides is 1. The number of rotatable bonds is 9. The van der Waals surface area contributed by atoms with Crippen LogP contribution in [0.2, 0.25) is 5.02 Å². The molecule has 0 aliphatic carbocycles. The minimum Gasteiger partial charge on any atom is -0.495 e. The zero-order valence-electron chi connectivity index (χ0n) is 20.0. The van der Waals surface area contributed by atoms with Gasteiger partial charge in [0.15, 0.2) is 24.1 Å². The van der Waals surface area contributed by atoms with Gasteiger partial charge >= 0.3 is 5.97 Å². The number of hydrogen-bond acceptors (Lipinski definition) is 7. The molecule has 3 rings (SSSR count). The number of methoxy groups -OCH3 is 2. The standard InChI is InChI=1S/C24H20ClF3N2O7S/c1-12-4-5-13(24(32)37-11-21(31)29-16-7-6-15(26)22(27)23(16)28)8-20(12)38(33,34)30-17-9-14(25)18(35-2)10-19(17)36-3/h4-10,30H,11H2,1-3H3,(H,29,31). The lowest BCUT2D eigenvalue weighted by atomic mass is 10.1. The van der Waals surface area contributed by atoms with E-state index in [9.17, 15) is 31.2 Å². The lowest BCUT2D eigenvalue weighted by molar-refractivity contribution is -0.119. The van der Waals surface area contributed by atoms with Crippen molar-refractivity contribution in [1.29, 1.82) is 0 Å². The van der Waals surface area contributed by atoms with E-state index in [1.54, 1.807) is 0 Å². The van der Waals surface area contributed by atoms with Gasteiger partial charge in [-0.15, -0.1) is 0 Å². The summed E-state index contributed by atoms with van der Waals surface area (Å²) in [6.07, 6.45) is 0. The summed E-state index contributed by atoms with van der Waals surface area (Å²) in [5.74, 6) is -6.60. The van der Waals surface area contributed by atoms with Crippen molar-refractivity contribution < 1.29 is 45.4 Å². The van der Waals surface area contributed by atoms with Gasteiger partial charge in [-0.1, -0.05) is 17.7 Å². The van der Waals surface area contributed by atoms with Crippen molar-refractivity contribution in [2.45, 2.75) is 11.8 Å². The van der Waals surface area contributed by atoms with Crippen LogP contribution in [0, 0.1) is 24.4 Å². The molecule has 0 aliphatic heterocycles. The average molecular weight is 573 g/mol. The van der Waals surface area contributed by atoms with Crippen LogP contribution >= 0.6 is 11.6 Å². The molecule has 3 aromatic rings. The zero-order valence-corrected chi connectivity index (χ0v) is 21.6. The molecule has 0 heterocycles. The fraction of sp³-hybridized carbons (Fsp3) is 0.167. The smallest absolute Gasteiger partial charge is 0.338 e. The Morgan fingerprint density at radius 1 is 0.921 bits per heavy atom. The van der Waals surface area contributed by atoms with Crippen molar-refractivity contribution >= 4 is 44.9 Å². The second kappa shape index (κ2) is 11.6. The van der Waals surface area contributed by atoms with Gasteiger partial charge < -0.3 is 19.5 Å². The molecule has 3 aromatic carbocycles. The van der Waals surface area contributed by atoms with E-state index in [1.807, 2.05) is 5.32 Å². The quantitative estimate of drug-likeness (QED) is 0.282. The van der Waals surface area contributed by atoms with Gasteiger partial charge in [0.25, 0.3) is 15.9 Å². The second-order valence-corrected chi connectivity index (χ2v) is 9.68. The van der Waals surface area contributed by atoms with Crippen LogP contribution in [0.1, 0.15) is 15.9 Å². The first-order valence-electron chi connectivity index (χ1n) is 10.5. The van der Waals surface area contributed by atoms with Crippen LogP contribution in [-0.2, 0) is 19.6 Å². The van der Waals surface area contributed by atoms with Crippen LogP contribution in [0.4, 0.5) is 24.5 Å². The SMILES string of the molecule is COc1cc(OC)c(NS(=O)(=O)c2cc(C(=O)OCC(=O)Nc3ccc(F)c(F)c3F)ccc2C)cc1Cl. The van der Waals surface area contributed by atoms with Crippen LogP contribution in [-0.4, -0.2) is 41.1 Å². The molecule has 0 fully saturated rings. The first kappa shape index (κ1) is 28.6. The summed E-state index contributed by atoms with van der Waals surface area (Å²) in [5.41, 5.74) is -0.595. The van der Waals surface area contributed by atoms with E-state index < -0.39 is 51.6 Å². The van der Waals surface area contributed by atoms with Crippen molar-refractivity contribution in [3.63, 3.8) is 0 Å². The van der Waals surface area contributed by atoms with Crippen LogP contribution in [0.15, 0.2) is 47.4 Å². The first-order valence-corrected chi connectivity index (χ1v) is 12.4. The molecule has 0 spiro atoms. The Bertz CT molecular complexity index is 1520. The van der Waals surface area contributed by atoms with Gasteiger partial charge in [0.2, 0.25) is 0 Å². The summed E-state index contributed by atoms with van der Waals surface area (Å²) in [5, 5.41) is 2.06. The number of halogens is 4. The Balaban J connectivity index is 1.76. The molecule has 2 N–H and O–H groups in total. The summed E-state index contributed by atoms with van der Waals surface area (Å²) in [7, 11) is -1.58. The van der Waals surface area contributed by atoms with Crippen LogP contribution in [0.25, 0.3) is 0 Å². The Morgan fingerprint density at radius 3 is 2.26 bits per heavy atom. The maximum absolute atomic E-state index is 13.7. The Morgan fingerprint density at radius 2 is 1.61 bits per heavy atom. The monoisotopic (exact) mass is 572 g/mol. The molecule has 38 heavy (non-hydrogen) atoms. The lowest BCUT2D eigenvalue weighted by Gasteiger charge is -2.15. The van der Waals surface area contributed by atoms with Gasteiger partial charge in [-0.3, -0.25) is 9.52 Å². The molecule has 0 unspecified atom stereocenters. The highest BCUT2D eigenvalue weighted by molar-refractivity contribution is 7.92. The number of aryl methyl sites for hydroxylation is 1. The summed E-state index contributed by atoms with van der Waals surface area (Å²) in [6, 6.07) is 7.73. The van der Waals surface area contributed by atoms with E-state index in [4.69, 9.17) is 25.8 Å². The maximum atomic E-state index is 13.7. The largest absolute Gasteiger partial charge is 0.495 e. The van der Waals surface area contributed by atoms with Gasteiger partial charge in [-0.2, -0.15) is 0 Å². The van der Waals surface area contributed by atoms with Gasteiger partial charge in [-0.25, -0.2) is 26.4 Å². The van der Waals surface area contributed by atoms with E-state index >= 15 is 0 Å². The summed E-state index contributed by atoms with van der Waals surface area (Å²) < 4.78 is 83.8. The number of carbonyl (C=O) groups excluding carboxylic acids is 2. The molecule has 14 heteroatoms. The van der Waals surface area contributed by atoms with Crippen LogP contribution in [0.3, 0.4) is 0 Å². The van der Waals surface area contributed by atoms with Crippen molar-refractivity contribution in [3.8, 4) is 11.5 Å². The minimum atomic E-state index is -4.28. The third kappa shape index (κ3) is 6.29. The highest BCUT2D eigenvalue weighted by Crippen LogP contribution is 2.37. The van der Waals surface area contributed by atoms with E-state index in [0.717, 1.165) is 12.1 Å². The number of sulfonamides is 1. The lowest BCUT2D eigenvalue weighted by Crippen LogP contribution is -2.22. The molecular formula is C24H20ClF3N2O7S. The second-order valence-electron chi connectivity index (χ2n) is 7.62. The number of ether oxygens (including phenoxy) is 3. The van der Waals surface area contributed by atoms with E-state index in [1.165, 1.54) is 45.4 Å². The number of benzene rings is 3. The van der Waals surface area contributed by atoms with Crippen molar-refractivity contribution in [2.75, 3.05) is 30.9 Å². The minimum absolute atomic E-state index is 0.00631. The Labute approximate surface area is 220 Å². The normalized spacial score (nSPS) is 11.0. The van der Waals surface area contributed by atoms with Gasteiger partial charge in [0.05, 0.1) is 41.1 Å². The predicted molar refractivity (Wildman–Crippen MR) is 132 cm³/mol. The number of esters is 1. The molecule has 0 aromatic heterocycles. The highest BCUT2D eigenvalue weighted by Gasteiger charge is 2.23. The fourth-order valence-corrected chi connectivity index (χ4v) is 4.75. The van der Waals surface area contributed by atoms with E-state index in [-0.39, 0.29) is 38.2 Å². The zero-order chi connectivity index (χ0) is 28.2. The Kier molecular flexibility index (Phi) is 8.74. The number of anilines is 2. The molecule has 0 radical (unpaired) electrons. The molecule has 0 aliphatic rings. The molecule has 202 valence electrons. The molecule has 1 amide bonds. The summed E-state index contributed by atoms with van der Waals surface area (Å²) in [4.78, 5) is 24.2. The number of carbonyl (C=O) groups is 2. The molecule has 0 bridgehead atoms. The number of hydrogen-bond donors (Lipinski definition) is 2. The van der Waals surface area contributed by atoms with E-state index in [0.29, 0.717) is 6.07 Å². The summed E-state index contributed by atoms with van der Waals surface area (Å²) >= 11 is 6.10. The molecule has 0 saturated carbocycles. The topological polar surface area (TPSA) is 120 Å². The fourth-order valence-electron chi connectivity index (χ4n) is 3.18. The van der Waals surface area contributed by atoms with E-state index in [2.05, 4.69) is 4.72 Å². The molecular weight excluding hydrogens is 553 g/mol. The Hall–Kier alpha value is -3.97. The van der Waals surface area contributed by atoms with Crippen LogP contribution in [0.5, 0.6) is 11.5 Å². The van der Waals surface area contributed by atoms with Crippen molar-refractivity contribution in [3.05, 3.63) is 76.1 Å². The molecule has 9 nitrogen and oxygen atoms in total. The molecule has 0 saturated heterocycles. The van der Waals surface area contributed by atoms with Crippen LogP contribution < -0.4 is 19.5 Å². The van der Waals surface area contributed by atoms with Gasteiger partial charge in [0, 0.05) is 6.07 Å². The number of nitrogens with one attached hydrogen (secondary N) is 2. The maximum Gasteiger partial charge on any atom is 0.338 e. The third-order valence-electron chi connectivity index (χ3n) is 5.08.